The number of carbonyl (C=O) groups excluding carboxylic acids is 2. The van der Waals surface area contributed by atoms with E-state index in [1.54, 1.807) is 0 Å². The summed E-state index contributed by atoms with van der Waals surface area (Å²) in [5.74, 6) is 1.81. The van der Waals surface area contributed by atoms with E-state index in [2.05, 4.69) is 72.1 Å². The van der Waals surface area contributed by atoms with Crippen molar-refractivity contribution in [3.63, 3.8) is 0 Å². The van der Waals surface area contributed by atoms with Crippen LogP contribution >= 0.6 is 24.0 Å². The molecule has 9 heteroatoms. The molecule has 0 heterocycles. The molecule has 0 amide bonds. The first kappa shape index (κ1) is 44.1. The number of rotatable bonds is 32. The Morgan fingerprint density at radius 1 is 0.535 bits per heavy atom. The normalized spacial score (nSPS) is 11.9. The van der Waals surface area contributed by atoms with E-state index in [1.165, 1.54) is 77.0 Å². The monoisotopic (exact) mass is 872 g/mol. The number of allylic oxidation sites excluding steroid dienone is 4. The van der Waals surface area contributed by atoms with Gasteiger partial charge in [-0.3, -0.25) is 0 Å². The molecule has 0 aliphatic carbocycles. The maximum atomic E-state index is 12.0. The summed E-state index contributed by atoms with van der Waals surface area (Å²) in [5, 5.41) is 0. The molecule has 250 valence electrons. The van der Waals surface area contributed by atoms with E-state index in [4.69, 9.17) is 9.47 Å². The summed E-state index contributed by atoms with van der Waals surface area (Å²) in [6.45, 7) is 5.62. The zero-order chi connectivity index (χ0) is 31.6. The van der Waals surface area contributed by atoms with Gasteiger partial charge in [0.25, 0.3) is 0 Å². The van der Waals surface area contributed by atoms with Crippen molar-refractivity contribution in [2.75, 3.05) is 24.7 Å². The third kappa shape index (κ3) is 35.8. The summed E-state index contributed by atoms with van der Waals surface area (Å²) in [5.41, 5.74) is 0. The van der Waals surface area contributed by atoms with Crippen LogP contribution in [0.3, 0.4) is 0 Å². The predicted octanol–water partition coefficient (Wildman–Crippen LogP) is 11.5. The zero-order valence-corrected chi connectivity index (χ0v) is 36.3. The quantitative estimate of drug-likeness (QED) is 0.0289. The summed E-state index contributed by atoms with van der Waals surface area (Å²) >= 11 is -2.96. The van der Waals surface area contributed by atoms with E-state index in [0.717, 1.165) is 50.0 Å². The van der Waals surface area contributed by atoms with Gasteiger partial charge in [-0.25, -0.2) is 0 Å². The Morgan fingerprint density at radius 2 is 0.884 bits per heavy atom. The summed E-state index contributed by atoms with van der Waals surface area (Å²) in [6, 6.07) is 0. The first-order valence-corrected chi connectivity index (χ1v) is 39.7. The van der Waals surface area contributed by atoms with E-state index in [9.17, 15) is 9.59 Å². The average Bonchev–Trinajstić information content (AvgIpc) is 2.99. The number of ether oxygens (including phenoxy) is 2. The van der Waals surface area contributed by atoms with Gasteiger partial charge in [0, 0.05) is 0 Å². The molecule has 43 heavy (non-hydrogen) atoms. The van der Waals surface area contributed by atoms with Gasteiger partial charge in [0.1, 0.15) is 0 Å². The standard InChI is InChI=1S/2C16H30O2S.2CH3.S.2Sn/c2*1-2-3-4-5-6-7-8-9-10-11-12-13-16(17)18-14-15-19;;;;;/h2*8-9,19H,2-7,10-15H2,1H3;2*1H3;;;/q;;;;;2*+1/p-2/b2*9-8+;;;;;. The van der Waals surface area contributed by atoms with Crippen molar-refractivity contribution in [2.24, 2.45) is 0 Å². The van der Waals surface area contributed by atoms with Crippen molar-refractivity contribution < 1.29 is 19.1 Å². The van der Waals surface area contributed by atoms with Crippen LogP contribution in [-0.4, -0.2) is 70.6 Å². The van der Waals surface area contributed by atoms with Crippen LogP contribution < -0.4 is 0 Å². The Kier molecular flexibility index (Phi) is 36.8. The number of hydrogen-bond acceptors (Lipinski definition) is 7. The molecular weight excluding hydrogens is 806 g/mol. The molecule has 0 fully saturated rings. The second kappa shape index (κ2) is 35.9. The molecule has 0 aliphatic heterocycles. The minimum atomic E-state index is -1.48. The van der Waals surface area contributed by atoms with E-state index in [1.807, 2.05) is 0 Å². The van der Waals surface area contributed by atoms with Gasteiger partial charge < -0.3 is 0 Å². The van der Waals surface area contributed by atoms with E-state index >= 15 is 0 Å². The summed E-state index contributed by atoms with van der Waals surface area (Å²) in [4.78, 5) is 28.9. The van der Waals surface area contributed by atoms with Crippen LogP contribution in [0, 0.1) is 0 Å². The molecule has 0 saturated heterocycles. The zero-order valence-electron chi connectivity index (χ0n) is 28.1. The van der Waals surface area contributed by atoms with Gasteiger partial charge in [-0.15, -0.1) is 0 Å². The molecule has 0 atom stereocenters. The fourth-order valence-electron chi connectivity index (χ4n) is 4.35. The van der Waals surface area contributed by atoms with Crippen molar-refractivity contribution in [2.45, 2.75) is 152 Å². The molecule has 0 rings (SSSR count). The summed E-state index contributed by atoms with van der Waals surface area (Å²) < 4.78 is 10.9. The minimum absolute atomic E-state index is 0.0357. The molecule has 4 nitrogen and oxygen atoms in total. The van der Waals surface area contributed by atoms with Gasteiger partial charge in [-0.1, -0.05) is 65.2 Å². The third-order valence-electron chi connectivity index (χ3n) is 6.88. The van der Waals surface area contributed by atoms with E-state index in [-0.39, 0.29) is 11.9 Å². The number of carbonyl (C=O) groups is 2. The molecule has 0 aliphatic rings. The van der Waals surface area contributed by atoms with Gasteiger partial charge in [-0.05, 0) is 12.8 Å². The van der Waals surface area contributed by atoms with Crippen LogP contribution in [0.1, 0.15) is 142 Å². The number of esters is 2. The molecule has 0 aromatic heterocycles. The SMILES string of the molecule is CCCCCCC/C=C/CCCCC(=O)OCC[S][Sn]([CH3])[S][Sn]([CH3])[S]CCOC(=O)CCCC/C=C/CCCCCCC. The smallest absolute Gasteiger partial charge is 0.0654 e. The Morgan fingerprint density at radius 3 is 1.26 bits per heavy atom. The summed E-state index contributed by atoms with van der Waals surface area (Å²) in [6.07, 6.45) is 34.5. The van der Waals surface area contributed by atoms with Gasteiger partial charge in [-0.2, -0.15) is 0 Å². The molecule has 0 saturated carbocycles. The average molecular weight is 871 g/mol. The minimum Gasteiger partial charge on any atom is -0.0654 e. The Hall–Kier alpha value is 1.07. The topological polar surface area (TPSA) is 52.6 Å². The molecule has 0 unspecified atom stereocenters. The van der Waals surface area contributed by atoms with Crippen LogP contribution in [0.25, 0.3) is 0 Å². The van der Waals surface area contributed by atoms with Crippen molar-refractivity contribution in [3.05, 3.63) is 24.3 Å². The van der Waals surface area contributed by atoms with Crippen molar-refractivity contribution in [1.29, 1.82) is 0 Å². The molecule has 0 spiro atoms. The van der Waals surface area contributed by atoms with E-state index in [0.29, 0.717) is 26.1 Å². The van der Waals surface area contributed by atoms with Gasteiger partial charge in [0.15, 0.2) is 0 Å². The van der Waals surface area contributed by atoms with Crippen molar-refractivity contribution in [1.82, 2.24) is 0 Å². The van der Waals surface area contributed by atoms with Gasteiger partial charge in [0.2, 0.25) is 0 Å². The molecule has 0 aromatic rings. The fourth-order valence-corrected chi connectivity index (χ4v) is 107. The summed E-state index contributed by atoms with van der Waals surface area (Å²) in [7, 11) is 4.15. The predicted molar refractivity (Wildman–Crippen MR) is 200 cm³/mol. The first-order chi connectivity index (χ1) is 21.0. The van der Waals surface area contributed by atoms with Crippen LogP contribution in [0.5, 0.6) is 0 Å². The van der Waals surface area contributed by atoms with Gasteiger partial charge >= 0.3 is 212 Å². The van der Waals surface area contributed by atoms with Crippen molar-refractivity contribution in [3.8, 4) is 0 Å². The molecule has 0 N–H and O–H groups in total. The van der Waals surface area contributed by atoms with Gasteiger partial charge in [0.05, 0.1) is 0 Å². The van der Waals surface area contributed by atoms with Crippen LogP contribution in [0.2, 0.25) is 9.88 Å². The van der Waals surface area contributed by atoms with Crippen molar-refractivity contribution >= 4 is 69.9 Å². The molecule has 0 bridgehead atoms. The first-order valence-electron chi connectivity index (χ1n) is 17.2. The number of hydrogen-bond donors (Lipinski definition) is 0. The molecular formula is C34H64O4S3Sn2. The van der Waals surface area contributed by atoms with Crippen LogP contribution in [-0.2, 0) is 19.1 Å². The molecule has 0 aromatic carbocycles. The van der Waals surface area contributed by atoms with E-state index < -0.39 is 34.0 Å². The maximum absolute atomic E-state index is 12.0. The van der Waals surface area contributed by atoms with Crippen LogP contribution in [0.15, 0.2) is 24.3 Å². The second-order valence-electron chi connectivity index (χ2n) is 11.1. The Bertz CT molecular complexity index is 639. The molecule has 2 radical (unpaired) electrons. The fraction of sp³-hybridized carbons (Fsp3) is 0.824. The van der Waals surface area contributed by atoms with Crippen LogP contribution in [0.4, 0.5) is 0 Å². The Labute approximate surface area is 287 Å². The number of unbranched alkanes of at least 4 members (excludes halogenated alkanes) is 14. The second-order valence-corrected chi connectivity index (χ2v) is 56.6. The Balaban J connectivity index is 3.55. The third-order valence-corrected chi connectivity index (χ3v) is 84.7.